The maximum absolute atomic E-state index is 11.8. The zero-order valence-electron chi connectivity index (χ0n) is 9.15. The van der Waals surface area contributed by atoms with Gasteiger partial charge in [0.15, 0.2) is 0 Å². The summed E-state index contributed by atoms with van der Waals surface area (Å²) < 4.78 is 2.58. The van der Waals surface area contributed by atoms with Crippen LogP contribution in [-0.2, 0) is 6.54 Å². The normalized spacial score (nSPS) is 10.5. The molecule has 88 valence electrons. The van der Waals surface area contributed by atoms with E-state index in [-0.39, 0.29) is 10.7 Å². The molecule has 1 aromatic carbocycles. The molecule has 0 aliphatic heterocycles. The maximum atomic E-state index is 11.8. The lowest BCUT2D eigenvalue weighted by atomic mass is 10.2. The molecule has 0 saturated heterocycles. The van der Waals surface area contributed by atoms with Gasteiger partial charge < -0.3 is 0 Å². The molecule has 1 aromatic heterocycles. The third-order valence-corrected chi connectivity index (χ3v) is 3.08. The fraction of sp³-hybridized carbons (Fsp3) is 0.167. The largest absolute Gasteiger partial charge is 0.292 e. The van der Waals surface area contributed by atoms with Gasteiger partial charge in [-0.2, -0.15) is 0 Å². The Labute approximate surface area is 112 Å². The molecular formula is C12H10BrClN2O. The lowest BCUT2D eigenvalue weighted by Gasteiger charge is -2.09. The van der Waals surface area contributed by atoms with E-state index in [9.17, 15) is 4.79 Å². The summed E-state index contributed by atoms with van der Waals surface area (Å²) in [5, 5.41) is 0.234. The summed E-state index contributed by atoms with van der Waals surface area (Å²) in [6, 6.07) is 9.14. The van der Waals surface area contributed by atoms with Gasteiger partial charge in [0, 0.05) is 10.5 Å². The Morgan fingerprint density at radius 2 is 2.18 bits per heavy atom. The van der Waals surface area contributed by atoms with Crippen LogP contribution in [0.3, 0.4) is 0 Å². The predicted octanol–water partition coefficient (Wildman–Crippen LogP) is 3.02. The van der Waals surface area contributed by atoms with Crippen molar-refractivity contribution in [3.05, 3.63) is 61.7 Å². The van der Waals surface area contributed by atoms with Gasteiger partial charge in [-0.1, -0.05) is 39.7 Å². The van der Waals surface area contributed by atoms with Crippen LogP contribution in [0.2, 0.25) is 5.15 Å². The number of hydrogen-bond acceptors (Lipinski definition) is 2. The standard InChI is InChI=1S/C12H10BrClN2O/c1-8-15-11(14)6-12(17)16(8)7-9-3-2-4-10(13)5-9/h2-6H,7H2,1H3. The summed E-state index contributed by atoms with van der Waals surface area (Å²) in [5.74, 6) is 0.613. The lowest BCUT2D eigenvalue weighted by molar-refractivity contribution is 0.700. The molecule has 2 rings (SSSR count). The van der Waals surface area contributed by atoms with E-state index in [0.29, 0.717) is 12.4 Å². The van der Waals surface area contributed by atoms with Gasteiger partial charge in [0.1, 0.15) is 11.0 Å². The average molecular weight is 314 g/mol. The molecule has 0 N–H and O–H groups in total. The summed E-state index contributed by atoms with van der Waals surface area (Å²) in [7, 11) is 0. The first-order valence-electron chi connectivity index (χ1n) is 5.05. The van der Waals surface area contributed by atoms with Crippen LogP contribution in [-0.4, -0.2) is 9.55 Å². The molecule has 17 heavy (non-hydrogen) atoms. The van der Waals surface area contributed by atoms with Gasteiger partial charge in [-0.3, -0.25) is 9.36 Å². The number of nitrogens with zero attached hydrogens (tertiary/aromatic N) is 2. The summed E-state index contributed by atoms with van der Waals surface area (Å²) in [6.07, 6.45) is 0. The zero-order chi connectivity index (χ0) is 12.4. The van der Waals surface area contributed by atoms with E-state index >= 15 is 0 Å². The van der Waals surface area contributed by atoms with E-state index in [1.807, 2.05) is 24.3 Å². The lowest BCUT2D eigenvalue weighted by Crippen LogP contribution is -2.23. The summed E-state index contributed by atoms with van der Waals surface area (Å²) in [6.45, 7) is 2.26. The van der Waals surface area contributed by atoms with Gasteiger partial charge in [-0.15, -0.1) is 0 Å². The first kappa shape index (κ1) is 12.3. The molecule has 0 radical (unpaired) electrons. The van der Waals surface area contributed by atoms with Crippen LogP contribution in [0.1, 0.15) is 11.4 Å². The molecule has 0 aliphatic rings. The maximum Gasteiger partial charge on any atom is 0.255 e. The second-order valence-electron chi connectivity index (χ2n) is 3.68. The summed E-state index contributed by atoms with van der Waals surface area (Å²) in [4.78, 5) is 15.8. The van der Waals surface area contributed by atoms with E-state index in [1.165, 1.54) is 6.07 Å². The second-order valence-corrected chi connectivity index (χ2v) is 4.98. The van der Waals surface area contributed by atoms with E-state index in [2.05, 4.69) is 20.9 Å². The van der Waals surface area contributed by atoms with Crippen molar-refractivity contribution in [2.75, 3.05) is 0 Å². The monoisotopic (exact) mass is 312 g/mol. The van der Waals surface area contributed by atoms with E-state index in [0.717, 1.165) is 10.0 Å². The van der Waals surface area contributed by atoms with Gasteiger partial charge in [-0.25, -0.2) is 4.98 Å². The third-order valence-electron chi connectivity index (χ3n) is 2.40. The SMILES string of the molecule is Cc1nc(Cl)cc(=O)n1Cc1cccc(Br)c1. The van der Waals surface area contributed by atoms with Gasteiger partial charge >= 0.3 is 0 Å². The van der Waals surface area contributed by atoms with E-state index in [1.54, 1.807) is 11.5 Å². The molecule has 0 bridgehead atoms. The fourth-order valence-electron chi connectivity index (χ4n) is 1.60. The Bertz CT molecular complexity index is 610. The first-order chi connectivity index (χ1) is 8.06. The molecule has 0 saturated carbocycles. The van der Waals surface area contributed by atoms with Crippen molar-refractivity contribution in [2.45, 2.75) is 13.5 Å². The minimum absolute atomic E-state index is 0.137. The Morgan fingerprint density at radius 1 is 1.41 bits per heavy atom. The molecule has 0 amide bonds. The van der Waals surface area contributed by atoms with Crippen LogP contribution in [0.4, 0.5) is 0 Å². The summed E-state index contributed by atoms with van der Waals surface area (Å²) >= 11 is 9.12. The van der Waals surface area contributed by atoms with Gasteiger partial charge in [0.2, 0.25) is 0 Å². The molecule has 0 atom stereocenters. The van der Waals surface area contributed by atoms with Crippen molar-refractivity contribution in [1.82, 2.24) is 9.55 Å². The van der Waals surface area contributed by atoms with Crippen molar-refractivity contribution < 1.29 is 0 Å². The molecular weight excluding hydrogens is 304 g/mol. The van der Waals surface area contributed by atoms with Crippen molar-refractivity contribution in [3.63, 3.8) is 0 Å². The number of hydrogen-bond donors (Lipinski definition) is 0. The highest BCUT2D eigenvalue weighted by atomic mass is 79.9. The second kappa shape index (κ2) is 5.02. The molecule has 1 heterocycles. The van der Waals surface area contributed by atoms with Crippen LogP contribution in [0.5, 0.6) is 0 Å². The van der Waals surface area contributed by atoms with Crippen LogP contribution in [0, 0.1) is 6.92 Å². The highest BCUT2D eigenvalue weighted by Gasteiger charge is 2.04. The molecule has 2 aromatic rings. The van der Waals surface area contributed by atoms with Crippen molar-refractivity contribution >= 4 is 27.5 Å². The molecule has 0 fully saturated rings. The fourth-order valence-corrected chi connectivity index (χ4v) is 2.26. The van der Waals surface area contributed by atoms with Gasteiger partial charge in [-0.05, 0) is 24.6 Å². The van der Waals surface area contributed by atoms with E-state index < -0.39 is 0 Å². The summed E-state index contributed by atoms with van der Waals surface area (Å²) in [5.41, 5.74) is 0.899. The Balaban J connectivity index is 2.40. The smallest absolute Gasteiger partial charge is 0.255 e. The number of halogens is 2. The number of benzene rings is 1. The molecule has 0 spiro atoms. The zero-order valence-corrected chi connectivity index (χ0v) is 11.5. The van der Waals surface area contributed by atoms with Crippen LogP contribution >= 0.6 is 27.5 Å². The Hall–Kier alpha value is -1.13. The predicted molar refractivity (Wildman–Crippen MR) is 71.5 cm³/mol. The van der Waals surface area contributed by atoms with Crippen molar-refractivity contribution in [1.29, 1.82) is 0 Å². The van der Waals surface area contributed by atoms with Crippen molar-refractivity contribution in [3.8, 4) is 0 Å². The minimum atomic E-state index is -0.137. The number of rotatable bonds is 2. The quantitative estimate of drug-likeness (QED) is 0.799. The van der Waals surface area contributed by atoms with Crippen LogP contribution < -0.4 is 5.56 Å². The highest BCUT2D eigenvalue weighted by molar-refractivity contribution is 9.10. The van der Waals surface area contributed by atoms with Crippen LogP contribution in [0.15, 0.2) is 39.6 Å². The van der Waals surface area contributed by atoms with Gasteiger partial charge in [0.05, 0.1) is 6.54 Å². The topological polar surface area (TPSA) is 34.9 Å². The van der Waals surface area contributed by atoms with Crippen molar-refractivity contribution in [2.24, 2.45) is 0 Å². The van der Waals surface area contributed by atoms with Crippen LogP contribution in [0.25, 0.3) is 0 Å². The van der Waals surface area contributed by atoms with Gasteiger partial charge in [0.25, 0.3) is 5.56 Å². The van der Waals surface area contributed by atoms with E-state index in [4.69, 9.17) is 11.6 Å². The molecule has 5 heteroatoms. The molecule has 3 nitrogen and oxygen atoms in total. The highest BCUT2D eigenvalue weighted by Crippen LogP contribution is 2.13. The molecule has 0 unspecified atom stereocenters. The Morgan fingerprint density at radius 3 is 2.82 bits per heavy atom. The third kappa shape index (κ3) is 2.96. The average Bonchev–Trinajstić information content (AvgIpc) is 2.23. The minimum Gasteiger partial charge on any atom is -0.292 e. The molecule has 0 aliphatic carbocycles. The number of aryl methyl sites for hydroxylation is 1. The first-order valence-corrected chi connectivity index (χ1v) is 6.22. The number of aromatic nitrogens is 2. The Kier molecular flexibility index (Phi) is 3.64.